The molecule has 0 bridgehead atoms. The first-order valence-corrected chi connectivity index (χ1v) is 5.87. The third-order valence-corrected chi connectivity index (χ3v) is 3.98. The van der Waals surface area contributed by atoms with Crippen LogP contribution in [0.3, 0.4) is 0 Å². The van der Waals surface area contributed by atoms with Crippen molar-refractivity contribution in [2.45, 2.75) is 5.37 Å². The highest BCUT2D eigenvalue weighted by atomic mass is 35.5. The van der Waals surface area contributed by atoms with E-state index in [1.165, 1.54) is 5.56 Å². The quantitative estimate of drug-likeness (QED) is 0.732. The van der Waals surface area contributed by atoms with Gasteiger partial charge in [0, 0.05) is 13.2 Å². The third kappa shape index (κ3) is 1.88. The summed E-state index contributed by atoms with van der Waals surface area (Å²) in [4.78, 5) is 2.14. The van der Waals surface area contributed by atoms with Crippen LogP contribution in [0.25, 0.3) is 0 Å². The average molecular weight is 246 g/mol. The predicted molar refractivity (Wildman–Crippen MR) is 63.7 cm³/mol. The zero-order chi connectivity index (χ0) is 10.1. The van der Waals surface area contributed by atoms with Gasteiger partial charge in [-0.15, -0.1) is 11.8 Å². The highest BCUT2D eigenvalue weighted by molar-refractivity contribution is 8.02. The van der Waals surface area contributed by atoms with Gasteiger partial charge in [-0.05, 0) is 23.1 Å². The number of thioether (sulfide) groups is 1. The minimum absolute atomic E-state index is 0.324. The Hall–Kier alpha value is -0.310. The molecule has 2 rings (SSSR count). The molecule has 0 radical (unpaired) electrons. The summed E-state index contributed by atoms with van der Waals surface area (Å²) in [5, 5.41) is 3.62. The van der Waals surface area contributed by atoms with Crippen LogP contribution < -0.4 is 0 Å². The van der Waals surface area contributed by atoms with E-state index in [2.05, 4.69) is 16.5 Å². The fraction of sp³-hybridized carbons (Fsp3) is 0.200. The lowest BCUT2D eigenvalue weighted by atomic mass is 10.2. The molecule has 0 saturated carbocycles. The SMILES string of the molecule is CN1C=CSC1c1ccc(Cl)c(Cl)c1. The number of benzene rings is 1. The normalized spacial score (nSPS) is 20.5. The first-order valence-electron chi connectivity index (χ1n) is 4.17. The van der Waals surface area contributed by atoms with Crippen molar-refractivity contribution in [1.82, 2.24) is 4.90 Å². The highest BCUT2D eigenvalue weighted by Crippen LogP contribution is 2.39. The van der Waals surface area contributed by atoms with Crippen LogP contribution in [0.5, 0.6) is 0 Å². The van der Waals surface area contributed by atoms with Crippen LogP contribution in [0.2, 0.25) is 10.0 Å². The molecule has 0 amide bonds. The molecule has 1 aliphatic heterocycles. The molecule has 1 aromatic carbocycles. The van der Waals surface area contributed by atoms with E-state index in [1.54, 1.807) is 11.8 Å². The van der Waals surface area contributed by atoms with Gasteiger partial charge in [0.15, 0.2) is 0 Å². The molecule has 0 aromatic heterocycles. The molecule has 14 heavy (non-hydrogen) atoms. The monoisotopic (exact) mass is 245 g/mol. The van der Waals surface area contributed by atoms with Crippen molar-refractivity contribution >= 4 is 35.0 Å². The second kappa shape index (κ2) is 4.05. The summed E-state index contributed by atoms with van der Waals surface area (Å²) < 4.78 is 0. The zero-order valence-corrected chi connectivity index (χ0v) is 9.90. The van der Waals surface area contributed by atoms with E-state index in [9.17, 15) is 0 Å². The van der Waals surface area contributed by atoms with Gasteiger partial charge in [0.25, 0.3) is 0 Å². The minimum atomic E-state index is 0.324. The fourth-order valence-electron chi connectivity index (χ4n) is 1.36. The molecule has 1 nitrogen and oxygen atoms in total. The average Bonchev–Trinajstić information content (AvgIpc) is 2.57. The fourth-order valence-corrected chi connectivity index (χ4v) is 2.64. The van der Waals surface area contributed by atoms with Crippen molar-refractivity contribution in [1.29, 1.82) is 0 Å². The molecular formula is C10H9Cl2NS. The summed E-state index contributed by atoms with van der Waals surface area (Å²) in [5.41, 5.74) is 1.18. The van der Waals surface area contributed by atoms with E-state index in [4.69, 9.17) is 23.2 Å². The Morgan fingerprint density at radius 2 is 2.07 bits per heavy atom. The van der Waals surface area contributed by atoms with Crippen molar-refractivity contribution in [3.05, 3.63) is 45.4 Å². The molecule has 1 aromatic rings. The maximum Gasteiger partial charge on any atom is 0.104 e. The Bertz CT molecular complexity index is 378. The molecular weight excluding hydrogens is 237 g/mol. The Morgan fingerprint density at radius 3 is 2.64 bits per heavy atom. The summed E-state index contributed by atoms with van der Waals surface area (Å²) in [6.45, 7) is 0. The summed E-state index contributed by atoms with van der Waals surface area (Å²) in [7, 11) is 2.05. The van der Waals surface area contributed by atoms with E-state index in [-0.39, 0.29) is 0 Å². The largest absolute Gasteiger partial charge is 0.364 e. The van der Waals surface area contributed by atoms with Gasteiger partial charge in [0.05, 0.1) is 10.0 Å². The second-order valence-electron chi connectivity index (χ2n) is 3.11. The molecule has 1 heterocycles. The minimum Gasteiger partial charge on any atom is -0.364 e. The standard InChI is InChI=1S/C10H9Cl2NS/c1-13-4-5-14-10(13)7-2-3-8(11)9(12)6-7/h2-6,10H,1H3. The van der Waals surface area contributed by atoms with E-state index in [1.807, 2.05) is 25.2 Å². The predicted octanol–water partition coefficient (Wildman–Crippen LogP) is 4.14. The van der Waals surface area contributed by atoms with Crippen LogP contribution in [-0.2, 0) is 0 Å². The van der Waals surface area contributed by atoms with Crippen LogP contribution in [0.1, 0.15) is 10.9 Å². The van der Waals surface area contributed by atoms with E-state index < -0.39 is 0 Å². The molecule has 1 atom stereocenters. The van der Waals surface area contributed by atoms with Gasteiger partial charge in [0.2, 0.25) is 0 Å². The molecule has 0 fully saturated rings. The number of hydrogen-bond acceptors (Lipinski definition) is 2. The molecule has 4 heteroatoms. The second-order valence-corrected chi connectivity index (χ2v) is 4.92. The van der Waals surface area contributed by atoms with Crippen molar-refractivity contribution < 1.29 is 0 Å². The van der Waals surface area contributed by atoms with Crippen LogP contribution in [0, 0.1) is 0 Å². The molecule has 74 valence electrons. The summed E-state index contributed by atoms with van der Waals surface area (Å²) in [6.07, 6.45) is 2.05. The summed E-state index contributed by atoms with van der Waals surface area (Å²) in [6, 6.07) is 5.77. The first kappa shape index (κ1) is 10.2. The smallest absolute Gasteiger partial charge is 0.104 e. The lowest BCUT2D eigenvalue weighted by molar-refractivity contribution is 0.449. The molecule has 1 aliphatic rings. The lowest BCUT2D eigenvalue weighted by Crippen LogP contribution is -2.11. The molecule has 0 N–H and O–H groups in total. The number of nitrogens with zero attached hydrogens (tertiary/aromatic N) is 1. The topological polar surface area (TPSA) is 3.24 Å². The maximum absolute atomic E-state index is 5.96. The number of rotatable bonds is 1. The van der Waals surface area contributed by atoms with Crippen molar-refractivity contribution in [3.63, 3.8) is 0 Å². The Morgan fingerprint density at radius 1 is 1.29 bits per heavy atom. The van der Waals surface area contributed by atoms with Crippen molar-refractivity contribution in [2.24, 2.45) is 0 Å². The van der Waals surface area contributed by atoms with Gasteiger partial charge < -0.3 is 4.90 Å². The first-order chi connectivity index (χ1) is 6.68. The van der Waals surface area contributed by atoms with Crippen LogP contribution in [-0.4, -0.2) is 11.9 Å². The molecule has 0 aliphatic carbocycles. The van der Waals surface area contributed by atoms with Crippen LogP contribution >= 0.6 is 35.0 Å². The third-order valence-electron chi connectivity index (χ3n) is 2.10. The van der Waals surface area contributed by atoms with Crippen molar-refractivity contribution in [3.8, 4) is 0 Å². The Balaban J connectivity index is 2.29. The van der Waals surface area contributed by atoms with E-state index in [0.717, 1.165) is 0 Å². The van der Waals surface area contributed by atoms with Gasteiger partial charge in [-0.1, -0.05) is 29.3 Å². The maximum atomic E-state index is 5.96. The van der Waals surface area contributed by atoms with Crippen molar-refractivity contribution in [2.75, 3.05) is 7.05 Å². The Labute approximate surface area is 97.7 Å². The summed E-state index contributed by atoms with van der Waals surface area (Å²) in [5.74, 6) is 0. The number of halogens is 2. The zero-order valence-electron chi connectivity index (χ0n) is 7.58. The summed E-state index contributed by atoms with van der Waals surface area (Å²) >= 11 is 13.6. The molecule has 0 saturated heterocycles. The molecule has 0 spiro atoms. The lowest BCUT2D eigenvalue weighted by Gasteiger charge is -2.20. The number of hydrogen-bond donors (Lipinski definition) is 0. The van der Waals surface area contributed by atoms with E-state index in [0.29, 0.717) is 15.4 Å². The van der Waals surface area contributed by atoms with E-state index >= 15 is 0 Å². The van der Waals surface area contributed by atoms with Gasteiger partial charge in [0.1, 0.15) is 5.37 Å². The van der Waals surface area contributed by atoms with Gasteiger partial charge in [-0.3, -0.25) is 0 Å². The van der Waals surface area contributed by atoms with Gasteiger partial charge in [-0.2, -0.15) is 0 Å². The van der Waals surface area contributed by atoms with Gasteiger partial charge in [-0.25, -0.2) is 0 Å². The van der Waals surface area contributed by atoms with Crippen LogP contribution in [0.4, 0.5) is 0 Å². The van der Waals surface area contributed by atoms with Crippen LogP contribution in [0.15, 0.2) is 29.8 Å². The van der Waals surface area contributed by atoms with Gasteiger partial charge >= 0.3 is 0 Å². The molecule has 1 unspecified atom stereocenters. The Kier molecular flexibility index (Phi) is 2.96. The highest BCUT2D eigenvalue weighted by Gasteiger charge is 2.18.